The molecule has 0 aliphatic carbocycles. The Hall–Kier alpha value is -0.450. The van der Waals surface area contributed by atoms with Gasteiger partial charge in [-0.1, -0.05) is 17.7 Å². The average Bonchev–Trinajstić information content (AvgIpc) is 2.10. The van der Waals surface area contributed by atoms with Crippen LogP contribution in [0.3, 0.4) is 0 Å². The standard InChI is InChI=1S/C9H11Cl2NO2S/c1-7-2-3-8(11)9(6-7)12-15(13,14)5-4-10/h2-3,6,12H,4-5H2,1H3. The smallest absolute Gasteiger partial charge is 0.233 e. The lowest BCUT2D eigenvalue weighted by Crippen LogP contribution is -2.17. The van der Waals surface area contributed by atoms with Gasteiger partial charge in [0.1, 0.15) is 0 Å². The fourth-order valence-electron chi connectivity index (χ4n) is 1.04. The summed E-state index contributed by atoms with van der Waals surface area (Å²) in [5.74, 6) is -0.0718. The Balaban J connectivity index is 2.94. The van der Waals surface area contributed by atoms with Crippen LogP contribution in [0.4, 0.5) is 5.69 Å². The number of hydrogen-bond acceptors (Lipinski definition) is 2. The van der Waals surface area contributed by atoms with Crippen molar-refractivity contribution < 1.29 is 8.42 Å². The molecule has 1 aromatic carbocycles. The van der Waals surface area contributed by atoms with Crippen molar-refractivity contribution in [3.8, 4) is 0 Å². The Labute approximate surface area is 99.4 Å². The zero-order valence-electron chi connectivity index (χ0n) is 8.13. The highest BCUT2D eigenvalue weighted by Gasteiger charge is 2.11. The van der Waals surface area contributed by atoms with Gasteiger partial charge in [0.05, 0.1) is 16.5 Å². The molecule has 1 N–H and O–H groups in total. The summed E-state index contributed by atoms with van der Waals surface area (Å²) in [6.07, 6.45) is 0. The molecule has 0 bridgehead atoms. The third-order valence-electron chi connectivity index (χ3n) is 1.73. The second-order valence-electron chi connectivity index (χ2n) is 3.09. The van der Waals surface area contributed by atoms with Crippen molar-refractivity contribution in [1.29, 1.82) is 0 Å². The predicted molar refractivity (Wildman–Crippen MR) is 64.3 cm³/mol. The molecule has 0 heterocycles. The summed E-state index contributed by atoms with van der Waals surface area (Å²) >= 11 is 11.2. The van der Waals surface area contributed by atoms with Gasteiger partial charge in [0.25, 0.3) is 0 Å². The first kappa shape index (κ1) is 12.6. The van der Waals surface area contributed by atoms with Crippen LogP contribution in [0.25, 0.3) is 0 Å². The van der Waals surface area contributed by atoms with E-state index in [-0.39, 0.29) is 11.6 Å². The molecule has 0 aromatic heterocycles. The molecule has 0 atom stereocenters. The minimum atomic E-state index is -3.39. The minimum Gasteiger partial charge on any atom is -0.282 e. The Morgan fingerprint density at radius 1 is 1.40 bits per heavy atom. The molecule has 0 fully saturated rings. The van der Waals surface area contributed by atoms with E-state index in [0.717, 1.165) is 5.56 Å². The highest BCUT2D eigenvalue weighted by atomic mass is 35.5. The van der Waals surface area contributed by atoms with Gasteiger partial charge >= 0.3 is 0 Å². The summed E-state index contributed by atoms with van der Waals surface area (Å²) in [4.78, 5) is 0. The van der Waals surface area contributed by atoms with Gasteiger partial charge in [-0.15, -0.1) is 11.6 Å². The Kier molecular flexibility index (Phi) is 4.25. The lowest BCUT2D eigenvalue weighted by atomic mass is 10.2. The van der Waals surface area contributed by atoms with E-state index in [2.05, 4.69) is 4.72 Å². The van der Waals surface area contributed by atoms with Crippen LogP contribution < -0.4 is 4.72 Å². The van der Waals surface area contributed by atoms with Crippen molar-refractivity contribution in [3.05, 3.63) is 28.8 Å². The van der Waals surface area contributed by atoms with Crippen LogP contribution in [0.15, 0.2) is 18.2 Å². The summed E-state index contributed by atoms with van der Waals surface area (Å²) < 4.78 is 25.2. The topological polar surface area (TPSA) is 46.2 Å². The first-order valence-corrected chi connectivity index (χ1v) is 6.84. The number of alkyl halides is 1. The highest BCUT2D eigenvalue weighted by Crippen LogP contribution is 2.23. The number of anilines is 1. The molecular weight excluding hydrogens is 257 g/mol. The number of halogens is 2. The average molecular weight is 268 g/mol. The number of nitrogens with one attached hydrogen (secondary N) is 1. The zero-order chi connectivity index (χ0) is 11.5. The first-order chi connectivity index (χ1) is 6.94. The van der Waals surface area contributed by atoms with Crippen molar-refractivity contribution in [2.75, 3.05) is 16.4 Å². The molecule has 0 aliphatic rings. The van der Waals surface area contributed by atoms with E-state index < -0.39 is 10.0 Å². The van der Waals surface area contributed by atoms with Crippen LogP contribution in [-0.4, -0.2) is 20.1 Å². The molecule has 0 radical (unpaired) electrons. The summed E-state index contributed by atoms with van der Waals surface area (Å²) in [5.41, 5.74) is 1.32. The lowest BCUT2D eigenvalue weighted by Gasteiger charge is -2.08. The Morgan fingerprint density at radius 2 is 2.07 bits per heavy atom. The van der Waals surface area contributed by atoms with Crippen molar-refractivity contribution in [2.24, 2.45) is 0 Å². The van der Waals surface area contributed by atoms with Gasteiger partial charge in [0.2, 0.25) is 10.0 Å². The van der Waals surface area contributed by atoms with Gasteiger partial charge in [0, 0.05) is 5.88 Å². The molecule has 1 aromatic rings. The number of benzene rings is 1. The van der Waals surface area contributed by atoms with Crippen LogP contribution in [0, 0.1) is 6.92 Å². The normalized spacial score (nSPS) is 11.4. The quantitative estimate of drug-likeness (QED) is 0.853. The van der Waals surface area contributed by atoms with Gasteiger partial charge < -0.3 is 0 Å². The fourth-order valence-corrected chi connectivity index (χ4v) is 2.68. The van der Waals surface area contributed by atoms with E-state index in [1.807, 2.05) is 13.0 Å². The molecule has 15 heavy (non-hydrogen) atoms. The maximum atomic E-state index is 11.4. The number of aryl methyl sites for hydroxylation is 1. The maximum Gasteiger partial charge on any atom is 0.233 e. The van der Waals surface area contributed by atoms with Crippen LogP contribution in [0.1, 0.15) is 5.56 Å². The van der Waals surface area contributed by atoms with Crippen molar-refractivity contribution >= 4 is 38.9 Å². The highest BCUT2D eigenvalue weighted by molar-refractivity contribution is 7.92. The molecule has 84 valence electrons. The SMILES string of the molecule is Cc1ccc(Cl)c(NS(=O)(=O)CCCl)c1. The number of sulfonamides is 1. The number of hydrogen-bond donors (Lipinski definition) is 1. The summed E-state index contributed by atoms with van der Waals surface area (Å²) in [7, 11) is -3.39. The third-order valence-corrected chi connectivity index (χ3v) is 3.75. The zero-order valence-corrected chi connectivity index (χ0v) is 10.5. The van der Waals surface area contributed by atoms with E-state index in [9.17, 15) is 8.42 Å². The fraction of sp³-hybridized carbons (Fsp3) is 0.333. The van der Waals surface area contributed by atoms with Crippen LogP contribution in [-0.2, 0) is 10.0 Å². The largest absolute Gasteiger partial charge is 0.282 e. The van der Waals surface area contributed by atoms with E-state index in [1.165, 1.54) is 0 Å². The van der Waals surface area contributed by atoms with Gasteiger partial charge in [-0.25, -0.2) is 8.42 Å². The molecule has 0 aliphatic heterocycles. The molecular formula is C9H11Cl2NO2S. The molecule has 0 amide bonds. The summed E-state index contributed by atoms with van der Waals surface area (Å²) in [6.45, 7) is 1.86. The number of rotatable bonds is 4. The molecule has 0 unspecified atom stereocenters. The summed E-state index contributed by atoms with van der Waals surface area (Å²) in [6, 6.07) is 5.13. The van der Waals surface area contributed by atoms with E-state index >= 15 is 0 Å². The maximum absolute atomic E-state index is 11.4. The molecule has 0 saturated heterocycles. The molecule has 1 rings (SSSR count). The van der Waals surface area contributed by atoms with Crippen molar-refractivity contribution in [1.82, 2.24) is 0 Å². The van der Waals surface area contributed by atoms with E-state index in [1.54, 1.807) is 12.1 Å². The van der Waals surface area contributed by atoms with E-state index in [0.29, 0.717) is 10.7 Å². The summed E-state index contributed by atoms with van der Waals surface area (Å²) in [5, 5.41) is 0.374. The Bertz CT molecular complexity index is 445. The van der Waals surface area contributed by atoms with Crippen LogP contribution in [0.2, 0.25) is 5.02 Å². The van der Waals surface area contributed by atoms with Crippen molar-refractivity contribution in [3.63, 3.8) is 0 Å². The first-order valence-electron chi connectivity index (χ1n) is 4.27. The van der Waals surface area contributed by atoms with Gasteiger partial charge in [-0.05, 0) is 24.6 Å². The third kappa shape index (κ3) is 3.89. The van der Waals surface area contributed by atoms with Crippen LogP contribution >= 0.6 is 23.2 Å². The monoisotopic (exact) mass is 267 g/mol. The second-order valence-corrected chi connectivity index (χ2v) is 5.72. The molecule has 0 saturated carbocycles. The van der Waals surface area contributed by atoms with Gasteiger partial charge in [-0.2, -0.15) is 0 Å². The molecule has 0 spiro atoms. The van der Waals surface area contributed by atoms with Crippen molar-refractivity contribution in [2.45, 2.75) is 6.92 Å². The van der Waals surface area contributed by atoms with Crippen LogP contribution in [0.5, 0.6) is 0 Å². The van der Waals surface area contributed by atoms with E-state index in [4.69, 9.17) is 23.2 Å². The second kappa shape index (κ2) is 5.05. The molecule has 3 nitrogen and oxygen atoms in total. The Morgan fingerprint density at radius 3 is 2.67 bits per heavy atom. The van der Waals surface area contributed by atoms with Gasteiger partial charge in [0.15, 0.2) is 0 Å². The lowest BCUT2D eigenvalue weighted by molar-refractivity contribution is 0.602. The molecule has 6 heteroatoms. The minimum absolute atomic E-state index is 0.0543. The predicted octanol–water partition coefficient (Wildman–Crippen LogP) is 2.63. The van der Waals surface area contributed by atoms with Gasteiger partial charge in [-0.3, -0.25) is 4.72 Å².